The third-order valence-corrected chi connectivity index (χ3v) is 6.39. The third-order valence-electron chi connectivity index (χ3n) is 5.23. The number of nitrogens with zero attached hydrogens (tertiary/aromatic N) is 1. The van der Waals surface area contributed by atoms with Crippen LogP contribution in [0.3, 0.4) is 0 Å². The van der Waals surface area contributed by atoms with E-state index in [1.165, 1.54) is 17.3 Å². The Morgan fingerprint density at radius 1 is 1.12 bits per heavy atom. The van der Waals surface area contributed by atoms with E-state index in [0.717, 1.165) is 17.0 Å². The Kier molecular flexibility index (Phi) is 10.3. The van der Waals surface area contributed by atoms with E-state index in [0.29, 0.717) is 30.3 Å². The SMILES string of the molecule is CC(C)N=C1S/C(=C\c2ccc(OCCOCC(O)CO)cc2)C(=O)CCC1c1ccccc1. The Hall–Kier alpha value is -2.45. The molecule has 6 nitrogen and oxygen atoms in total. The molecule has 2 aromatic rings. The summed E-state index contributed by atoms with van der Waals surface area (Å²) in [5, 5.41) is 19.0. The normalized spacial score (nSPS) is 20.0. The summed E-state index contributed by atoms with van der Waals surface area (Å²) < 4.78 is 10.9. The van der Waals surface area contributed by atoms with E-state index >= 15 is 0 Å². The predicted octanol–water partition coefficient (Wildman–Crippen LogP) is 4.46. The fourth-order valence-corrected chi connectivity index (χ4v) is 4.84. The van der Waals surface area contributed by atoms with Crippen molar-refractivity contribution in [2.24, 2.45) is 4.99 Å². The van der Waals surface area contributed by atoms with Gasteiger partial charge in [0.1, 0.15) is 18.5 Å². The maximum absolute atomic E-state index is 13.0. The van der Waals surface area contributed by atoms with Crippen LogP contribution >= 0.6 is 11.8 Å². The van der Waals surface area contributed by atoms with Crippen LogP contribution in [0, 0.1) is 0 Å². The molecule has 2 atom stereocenters. The van der Waals surface area contributed by atoms with Crippen LogP contribution < -0.4 is 4.74 Å². The van der Waals surface area contributed by atoms with Crippen molar-refractivity contribution in [2.45, 2.75) is 44.8 Å². The number of aliphatic hydroxyl groups is 2. The molecule has 2 aromatic carbocycles. The number of Topliss-reactive ketones (excluding diaryl/α,β-unsaturated/α-hetero) is 1. The second-order valence-corrected chi connectivity index (χ2v) is 9.49. The molecule has 1 aliphatic heterocycles. The fourth-order valence-electron chi connectivity index (χ4n) is 3.54. The third kappa shape index (κ3) is 8.09. The van der Waals surface area contributed by atoms with Crippen molar-refractivity contribution in [2.75, 3.05) is 26.4 Å². The summed E-state index contributed by atoms with van der Waals surface area (Å²) in [5.41, 5.74) is 2.12. The van der Waals surface area contributed by atoms with Crippen molar-refractivity contribution in [3.8, 4) is 5.75 Å². The highest BCUT2D eigenvalue weighted by Crippen LogP contribution is 2.38. The minimum atomic E-state index is -0.869. The summed E-state index contributed by atoms with van der Waals surface area (Å²) in [6.45, 7) is 4.52. The first-order chi connectivity index (χ1) is 16.5. The molecule has 2 unspecified atom stereocenters. The molecule has 1 heterocycles. The van der Waals surface area contributed by atoms with Gasteiger partial charge in [-0.2, -0.15) is 0 Å². The number of aliphatic hydroxyl groups excluding tert-OH is 2. The Balaban J connectivity index is 1.67. The molecule has 0 bridgehead atoms. The Bertz CT molecular complexity index is 972. The van der Waals surface area contributed by atoms with E-state index in [1.54, 1.807) is 0 Å². The number of hydrogen-bond acceptors (Lipinski definition) is 7. The number of carbonyl (C=O) groups excluding carboxylic acids is 1. The van der Waals surface area contributed by atoms with E-state index < -0.39 is 6.10 Å². The minimum Gasteiger partial charge on any atom is -0.491 e. The number of allylic oxidation sites excluding steroid dienone is 1. The van der Waals surface area contributed by atoms with Gasteiger partial charge >= 0.3 is 0 Å². The van der Waals surface area contributed by atoms with Gasteiger partial charge in [-0.1, -0.05) is 54.2 Å². The first kappa shape index (κ1) is 26.2. The van der Waals surface area contributed by atoms with Crippen LogP contribution in [0.4, 0.5) is 0 Å². The molecule has 2 N–H and O–H groups in total. The van der Waals surface area contributed by atoms with Crippen LogP contribution in [0.2, 0.25) is 0 Å². The molecule has 0 aliphatic carbocycles. The fraction of sp³-hybridized carbons (Fsp3) is 0.407. The van der Waals surface area contributed by atoms with E-state index in [1.807, 2.05) is 48.5 Å². The van der Waals surface area contributed by atoms with Crippen LogP contribution in [-0.4, -0.2) is 59.6 Å². The lowest BCUT2D eigenvalue weighted by atomic mass is 9.94. The van der Waals surface area contributed by atoms with Gasteiger partial charge in [-0.3, -0.25) is 9.79 Å². The molecule has 0 aromatic heterocycles. The average molecular weight is 484 g/mol. The van der Waals surface area contributed by atoms with Crippen molar-refractivity contribution < 1.29 is 24.5 Å². The molecule has 0 spiro atoms. The Morgan fingerprint density at radius 2 is 1.85 bits per heavy atom. The summed E-state index contributed by atoms with van der Waals surface area (Å²) >= 11 is 1.49. The van der Waals surface area contributed by atoms with E-state index in [9.17, 15) is 9.90 Å². The molecule has 7 heteroatoms. The van der Waals surface area contributed by atoms with Gasteiger partial charge in [0.05, 0.1) is 29.8 Å². The monoisotopic (exact) mass is 483 g/mol. The maximum atomic E-state index is 13.0. The lowest BCUT2D eigenvalue weighted by Gasteiger charge is -2.17. The zero-order valence-corrected chi connectivity index (χ0v) is 20.5. The topological polar surface area (TPSA) is 88.3 Å². The quantitative estimate of drug-likeness (QED) is 0.383. The smallest absolute Gasteiger partial charge is 0.169 e. The summed E-state index contributed by atoms with van der Waals surface area (Å²) in [7, 11) is 0. The van der Waals surface area contributed by atoms with Crippen molar-refractivity contribution in [3.63, 3.8) is 0 Å². The number of rotatable bonds is 10. The summed E-state index contributed by atoms with van der Waals surface area (Å²) in [6, 6.07) is 18.0. The Morgan fingerprint density at radius 3 is 2.53 bits per heavy atom. The van der Waals surface area contributed by atoms with Crippen LogP contribution in [0.1, 0.15) is 43.7 Å². The molecule has 0 amide bonds. The zero-order valence-electron chi connectivity index (χ0n) is 19.7. The first-order valence-electron chi connectivity index (χ1n) is 11.6. The average Bonchev–Trinajstić information content (AvgIpc) is 2.98. The zero-order chi connectivity index (χ0) is 24.3. The van der Waals surface area contributed by atoms with Gasteiger partial charge < -0.3 is 19.7 Å². The largest absolute Gasteiger partial charge is 0.491 e. The van der Waals surface area contributed by atoms with E-state index in [2.05, 4.69) is 26.0 Å². The van der Waals surface area contributed by atoms with Gasteiger partial charge in [-0.15, -0.1) is 0 Å². The highest BCUT2D eigenvalue weighted by molar-refractivity contribution is 8.18. The molecule has 182 valence electrons. The van der Waals surface area contributed by atoms with Crippen LogP contribution in [0.5, 0.6) is 5.75 Å². The molecule has 1 saturated heterocycles. The molecule has 1 aliphatic rings. The van der Waals surface area contributed by atoms with Crippen LogP contribution in [0.25, 0.3) is 6.08 Å². The standard InChI is InChI=1S/C27H33NO5S/c1-19(2)28-27-24(21-6-4-3-5-7-21)12-13-25(31)26(34-27)16-20-8-10-23(11-9-20)33-15-14-32-18-22(30)17-29/h3-11,16,19,22,24,29-30H,12-15,17-18H2,1-2H3/b26-16-,28-27?. The van der Waals surface area contributed by atoms with Crippen molar-refractivity contribution >= 4 is 28.7 Å². The number of carbonyl (C=O) groups is 1. The maximum Gasteiger partial charge on any atom is 0.169 e. The summed E-state index contributed by atoms with van der Waals surface area (Å²) in [6.07, 6.45) is 2.30. The highest BCUT2D eigenvalue weighted by atomic mass is 32.2. The number of ketones is 1. The van der Waals surface area contributed by atoms with Gasteiger partial charge in [0, 0.05) is 18.4 Å². The number of aliphatic imine (C=N–C) groups is 1. The highest BCUT2D eigenvalue weighted by Gasteiger charge is 2.28. The van der Waals surface area contributed by atoms with Crippen LogP contribution in [-0.2, 0) is 9.53 Å². The first-order valence-corrected chi connectivity index (χ1v) is 12.4. The molecular formula is C27H33NO5S. The molecule has 3 rings (SSSR count). The Labute approximate surface area is 205 Å². The number of benzene rings is 2. The predicted molar refractivity (Wildman–Crippen MR) is 137 cm³/mol. The molecular weight excluding hydrogens is 450 g/mol. The second-order valence-electron chi connectivity index (χ2n) is 8.43. The van der Waals surface area contributed by atoms with Crippen LogP contribution in [0.15, 0.2) is 64.5 Å². The van der Waals surface area contributed by atoms with Gasteiger partial charge in [0.2, 0.25) is 0 Å². The van der Waals surface area contributed by atoms with Crippen molar-refractivity contribution in [3.05, 3.63) is 70.6 Å². The molecule has 0 saturated carbocycles. The van der Waals surface area contributed by atoms with Gasteiger partial charge in [0.25, 0.3) is 0 Å². The van der Waals surface area contributed by atoms with E-state index in [4.69, 9.17) is 19.6 Å². The molecule has 0 radical (unpaired) electrons. The van der Waals surface area contributed by atoms with Crippen molar-refractivity contribution in [1.29, 1.82) is 0 Å². The van der Waals surface area contributed by atoms with Gasteiger partial charge in [0.15, 0.2) is 5.78 Å². The summed E-state index contributed by atoms with van der Waals surface area (Å²) in [4.78, 5) is 18.5. The lowest BCUT2D eigenvalue weighted by molar-refractivity contribution is -0.114. The van der Waals surface area contributed by atoms with Gasteiger partial charge in [-0.25, -0.2) is 0 Å². The number of hydrogen-bond donors (Lipinski definition) is 2. The van der Waals surface area contributed by atoms with Crippen molar-refractivity contribution in [1.82, 2.24) is 0 Å². The second kappa shape index (κ2) is 13.4. The molecule has 34 heavy (non-hydrogen) atoms. The number of ether oxygens (including phenoxy) is 2. The summed E-state index contributed by atoms with van der Waals surface area (Å²) in [5.74, 6) is 0.960. The number of thioether (sulfide) groups is 1. The van der Waals surface area contributed by atoms with Gasteiger partial charge in [-0.05, 0) is 49.6 Å². The van der Waals surface area contributed by atoms with E-state index in [-0.39, 0.29) is 31.0 Å². The minimum absolute atomic E-state index is 0.0747. The lowest BCUT2D eigenvalue weighted by Crippen LogP contribution is -2.21. The molecule has 1 fully saturated rings.